The van der Waals surface area contributed by atoms with Crippen molar-refractivity contribution < 1.29 is 38.9 Å². The average molecular weight is 509 g/mol. The van der Waals surface area contributed by atoms with Crippen molar-refractivity contribution in [3.8, 4) is 11.5 Å². The molecule has 0 saturated carbocycles. The van der Waals surface area contributed by atoms with E-state index in [1.807, 2.05) is 0 Å². The van der Waals surface area contributed by atoms with Crippen LogP contribution in [-0.4, -0.2) is 52.9 Å². The van der Waals surface area contributed by atoms with Gasteiger partial charge in [-0.3, -0.25) is 9.59 Å². The van der Waals surface area contributed by atoms with E-state index in [0.29, 0.717) is 36.1 Å². The lowest BCUT2D eigenvalue weighted by molar-refractivity contribution is -0.113. The number of hydrogen-bond acceptors (Lipinski definition) is 7. The van der Waals surface area contributed by atoms with Gasteiger partial charge in [0.2, 0.25) is 5.91 Å². The van der Waals surface area contributed by atoms with Gasteiger partial charge >= 0.3 is 11.9 Å². The molecule has 10 nitrogen and oxygen atoms in total. The molecule has 3 aromatic carbocycles. The minimum atomic E-state index is -1.41. The van der Waals surface area contributed by atoms with Crippen molar-refractivity contribution in [2.24, 2.45) is 0 Å². The van der Waals surface area contributed by atoms with Crippen molar-refractivity contribution in [2.45, 2.75) is 4.90 Å². The van der Waals surface area contributed by atoms with Gasteiger partial charge in [0.25, 0.3) is 5.91 Å². The molecule has 0 unspecified atom stereocenters. The van der Waals surface area contributed by atoms with Crippen LogP contribution >= 0.6 is 11.8 Å². The Hall–Kier alpha value is -4.51. The number of benzene rings is 3. The monoisotopic (exact) mass is 508 g/mol. The van der Waals surface area contributed by atoms with Crippen molar-refractivity contribution >= 4 is 46.9 Å². The first-order chi connectivity index (χ1) is 17.3. The van der Waals surface area contributed by atoms with Crippen LogP contribution in [0, 0.1) is 0 Å². The molecule has 1 aliphatic rings. The largest absolute Gasteiger partial charge is 0.486 e. The van der Waals surface area contributed by atoms with Gasteiger partial charge in [0.15, 0.2) is 11.5 Å². The molecule has 0 bridgehead atoms. The third-order valence-electron chi connectivity index (χ3n) is 5.05. The van der Waals surface area contributed by atoms with Crippen LogP contribution in [0.15, 0.2) is 65.6 Å². The standard InChI is InChI=1S/C25H20N2O8S/c28-22(26-16-4-8-20-21(12-16)35-10-9-34-20)13-36-17-5-2-15(3-6-17)27-23(29)18-7-1-14(24(30)31)11-19(18)25(32)33/h1-8,11-12H,9-10,13H2,(H,26,28)(H,27,29)(H,30,31)(H,32,33). The summed E-state index contributed by atoms with van der Waals surface area (Å²) in [7, 11) is 0. The van der Waals surface area contributed by atoms with Crippen LogP contribution in [0.1, 0.15) is 31.1 Å². The van der Waals surface area contributed by atoms with E-state index in [4.69, 9.17) is 14.6 Å². The Bertz CT molecular complexity index is 1340. The van der Waals surface area contributed by atoms with Crippen molar-refractivity contribution in [2.75, 3.05) is 29.6 Å². The van der Waals surface area contributed by atoms with Gasteiger partial charge in [0.05, 0.1) is 22.4 Å². The fraction of sp³-hybridized carbons (Fsp3) is 0.120. The SMILES string of the molecule is O=C(CSc1ccc(NC(=O)c2ccc(C(=O)O)cc2C(=O)O)cc1)Nc1ccc2c(c1)OCCO2. The number of carbonyl (C=O) groups excluding carboxylic acids is 2. The first-order valence-electron chi connectivity index (χ1n) is 10.6. The number of fused-ring (bicyclic) bond motifs is 1. The van der Waals surface area contributed by atoms with Crippen LogP contribution in [0.25, 0.3) is 0 Å². The number of rotatable bonds is 8. The summed E-state index contributed by atoms with van der Waals surface area (Å²) in [4.78, 5) is 48.3. The minimum absolute atomic E-state index is 0.151. The lowest BCUT2D eigenvalue weighted by atomic mass is 10.0. The Kier molecular flexibility index (Phi) is 7.40. The maximum absolute atomic E-state index is 12.6. The first kappa shape index (κ1) is 24.6. The number of anilines is 2. The Balaban J connectivity index is 1.33. The Labute approximate surface area is 209 Å². The van der Waals surface area contributed by atoms with E-state index in [0.717, 1.165) is 17.0 Å². The number of nitrogens with one attached hydrogen (secondary N) is 2. The molecule has 0 aliphatic carbocycles. The summed E-state index contributed by atoms with van der Waals surface area (Å²) in [5.41, 5.74) is 0.192. The van der Waals surface area contributed by atoms with Crippen molar-refractivity contribution in [3.05, 3.63) is 77.4 Å². The Morgan fingerprint density at radius 2 is 1.44 bits per heavy atom. The number of carbonyl (C=O) groups is 4. The van der Waals surface area contributed by atoms with Gasteiger partial charge in [-0.1, -0.05) is 0 Å². The number of amides is 2. The molecule has 0 fully saturated rings. The lowest BCUT2D eigenvalue weighted by Crippen LogP contribution is -2.17. The van der Waals surface area contributed by atoms with E-state index in [1.54, 1.807) is 42.5 Å². The molecule has 4 N–H and O–H groups in total. The maximum Gasteiger partial charge on any atom is 0.336 e. The fourth-order valence-electron chi connectivity index (χ4n) is 3.35. The zero-order valence-corrected chi connectivity index (χ0v) is 19.5. The molecule has 36 heavy (non-hydrogen) atoms. The number of thioether (sulfide) groups is 1. The normalized spacial score (nSPS) is 11.9. The average Bonchev–Trinajstić information content (AvgIpc) is 2.87. The number of carboxylic acids is 2. The smallest absolute Gasteiger partial charge is 0.336 e. The van der Waals surface area contributed by atoms with E-state index >= 15 is 0 Å². The summed E-state index contributed by atoms with van der Waals surface area (Å²) >= 11 is 1.30. The molecular formula is C25H20N2O8S. The van der Waals surface area contributed by atoms with Gasteiger partial charge < -0.3 is 30.3 Å². The molecule has 4 rings (SSSR count). The molecule has 0 radical (unpaired) electrons. The molecule has 1 heterocycles. The number of aromatic carboxylic acids is 2. The van der Waals surface area contributed by atoms with Crippen LogP contribution < -0.4 is 20.1 Å². The van der Waals surface area contributed by atoms with Gasteiger partial charge in [0.1, 0.15) is 13.2 Å². The van der Waals surface area contributed by atoms with Crippen LogP contribution in [0.3, 0.4) is 0 Å². The second-order valence-corrected chi connectivity index (χ2v) is 8.59. The molecule has 0 saturated heterocycles. The van der Waals surface area contributed by atoms with Gasteiger partial charge in [-0.15, -0.1) is 11.8 Å². The first-order valence-corrected chi connectivity index (χ1v) is 11.6. The topological polar surface area (TPSA) is 151 Å². The molecule has 2 amide bonds. The number of carboxylic acid groups (broad SMARTS) is 2. The predicted octanol–water partition coefficient (Wildman–Crippen LogP) is 3.84. The zero-order chi connectivity index (χ0) is 25.7. The summed E-state index contributed by atoms with van der Waals surface area (Å²) in [6, 6.07) is 15.1. The van der Waals surface area contributed by atoms with Crippen LogP contribution in [0.5, 0.6) is 11.5 Å². The number of hydrogen-bond donors (Lipinski definition) is 4. The molecule has 3 aromatic rings. The van der Waals surface area contributed by atoms with E-state index in [1.165, 1.54) is 17.8 Å². The molecule has 0 spiro atoms. The molecule has 1 aliphatic heterocycles. The van der Waals surface area contributed by atoms with Crippen molar-refractivity contribution in [1.82, 2.24) is 0 Å². The lowest BCUT2D eigenvalue weighted by Gasteiger charge is -2.19. The molecule has 0 aromatic heterocycles. The quantitative estimate of drug-likeness (QED) is 0.333. The maximum atomic E-state index is 12.6. The summed E-state index contributed by atoms with van der Waals surface area (Å²) in [5, 5.41) is 23.8. The summed E-state index contributed by atoms with van der Waals surface area (Å²) in [6.07, 6.45) is 0. The minimum Gasteiger partial charge on any atom is -0.486 e. The van der Waals surface area contributed by atoms with E-state index in [9.17, 15) is 24.3 Å². The molecule has 184 valence electrons. The van der Waals surface area contributed by atoms with Crippen molar-refractivity contribution in [3.63, 3.8) is 0 Å². The second kappa shape index (κ2) is 10.8. The van der Waals surface area contributed by atoms with Gasteiger partial charge in [-0.25, -0.2) is 9.59 Å². The molecule has 0 atom stereocenters. The fourth-order valence-corrected chi connectivity index (χ4v) is 4.05. The van der Waals surface area contributed by atoms with E-state index < -0.39 is 23.4 Å². The highest BCUT2D eigenvalue weighted by Gasteiger charge is 2.19. The summed E-state index contributed by atoms with van der Waals surface area (Å²) in [6.45, 7) is 0.940. The van der Waals surface area contributed by atoms with Gasteiger partial charge in [-0.2, -0.15) is 0 Å². The van der Waals surface area contributed by atoms with E-state index in [-0.39, 0.29) is 22.8 Å². The van der Waals surface area contributed by atoms with E-state index in [2.05, 4.69) is 10.6 Å². The molecule has 11 heteroatoms. The predicted molar refractivity (Wildman–Crippen MR) is 132 cm³/mol. The summed E-state index contributed by atoms with van der Waals surface area (Å²) < 4.78 is 11.0. The highest BCUT2D eigenvalue weighted by Crippen LogP contribution is 2.32. The second-order valence-electron chi connectivity index (χ2n) is 7.54. The van der Waals surface area contributed by atoms with Crippen molar-refractivity contribution in [1.29, 1.82) is 0 Å². The summed E-state index contributed by atoms with van der Waals surface area (Å²) in [5.74, 6) is -2.24. The zero-order valence-electron chi connectivity index (χ0n) is 18.6. The Morgan fingerprint density at radius 1 is 0.750 bits per heavy atom. The molecular weight excluding hydrogens is 488 g/mol. The van der Waals surface area contributed by atoms with Crippen LogP contribution in [0.2, 0.25) is 0 Å². The third kappa shape index (κ3) is 5.94. The highest BCUT2D eigenvalue weighted by atomic mass is 32.2. The highest BCUT2D eigenvalue weighted by molar-refractivity contribution is 8.00. The third-order valence-corrected chi connectivity index (χ3v) is 6.06. The Morgan fingerprint density at radius 3 is 2.14 bits per heavy atom. The van der Waals surface area contributed by atoms with Crippen LogP contribution in [-0.2, 0) is 4.79 Å². The van der Waals surface area contributed by atoms with Crippen LogP contribution in [0.4, 0.5) is 11.4 Å². The number of ether oxygens (including phenoxy) is 2. The van der Waals surface area contributed by atoms with Gasteiger partial charge in [-0.05, 0) is 54.6 Å². The van der Waals surface area contributed by atoms with Gasteiger partial charge in [0, 0.05) is 22.3 Å².